The highest BCUT2D eigenvalue weighted by Gasteiger charge is 2.29. The summed E-state index contributed by atoms with van der Waals surface area (Å²) in [5, 5.41) is 0.608. The Morgan fingerprint density at radius 3 is 2.52 bits per heavy atom. The van der Waals surface area contributed by atoms with E-state index >= 15 is 0 Å². The first-order valence-electron chi connectivity index (χ1n) is 8.60. The predicted octanol–water partition coefficient (Wildman–Crippen LogP) is 4.83. The average molecular weight is 410 g/mol. The van der Waals surface area contributed by atoms with Gasteiger partial charge in [-0.15, -0.1) is 11.8 Å². The van der Waals surface area contributed by atoms with Gasteiger partial charge < -0.3 is 4.90 Å². The van der Waals surface area contributed by atoms with E-state index in [0.717, 1.165) is 23.1 Å². The summed E-state index contributed by atoms with van der Waals surface area (Å²) < 4.78 is 27.1. The molecule has 0 atom stereocenters. The first-order chi connectivity index (χ1) is 13.0. The monoisotopic (exact) mass is 409 g/mol. The van der Waals surface area contributed by atoms with Crippen LogP contribution < -0.4 is 0 Å². The fourth-order valence-corrected chi connectivity index (χ4v) is 4.23. The SMILES string of the molecule is O=C(c1cc(F)ccc1F)C1CCN(C(=O)CSc2ccccc2Cl)CC1. The van der Waals surface area contributed by atoms with Crippen molar-refractivity contribution >= 4 is 35.1 Å². The number of halogens is 3. The molecule has 0 saturated carbocycles. The molecule has 0 aliphatic carbocycles. The van der Waals surface area contributed by atoms with Crippen LogP contribution in [-0.4, -0.2) is 35.4 Å². The van der Waals surface area contributed by atoms with Crippen molar-refractivity contribution in [2.45, 2.75) is 17.7 Å². The van der Waals surface area contributed by atoms with E-state index in [2.05, 4.69) is 0 Å². The summed E-state index contributed by atoms with van der Waals surface area (Å²) in [4.78, 5) is 27.4. The smallest absolute Gasteiger partial charge is 0.232 e. The second-order valence-electron chi connectivity index (χ2n) is 6.36. The van der Waals surface area contributed by atoms with Crippen molar-refractivity contribution < 1.29 is 18.4 Å². The summed E-state index contributed by atoms with van der Waals surface area (Å²) in [6, 6.07) is 10.2. The molecule has 1 heterocycles. The maximum absolute atomic E-state index is 13.8. The topological polar surface area (TPSA) is 37.4 Å². The second-order valence-corrected chi connectivity index (χ2v) is 7.79. The minimum Gasteiger partial charge on any atom is -0.342 e. The number of carbonyl (C=O) groups excluding carboxylic acids is 2. The third kappa shape index (κ3) is 4.87. The van der Waals surface area contributed by atoms with Crippen molar-refractivity contribution in [2.24, 2.45) is 5.92 Å². The zero-order valence-electron chi connectivity index (χ0n) is 14.5. The highest BCUT2D eigenvalue weighted by Crippen LogP contribution is 2.28. The zero-order valence-corrected chi connectivity index (χ0v) is 16.0. The molecule has 1 amide bonds. The van der Waals surface area contributed by atoms with Crippen LogP contribution in [0.15, 0.2) is 47.4 Å². The molecule has 2 aromatic rings. The summed E-state index contributed by atoms with van der Waals surface area (Å²) >= 11 is 7.46. The van der Waals surface area contributed by atoms with Crippen molar-refractivity contribution in [2.75, 3.05) is 18.8 Å². The number of ketones is 1. The molecular formula is C20H18ClF2NO2S. The van der Waals surface area contributed by atoms with Gasteiger partial charge in [0.2, 0.25) is 5.91 Å². The van der Waals surface area contributed by atoms with Crippen LogP contribution in [0.1, 0.15) is 23.2 Å². The number of rotatable bonds is 5. The van der Waals surface area contributed by atoms with Gasteiger partial charge in [0.15, 0.2) is 5.78 Å². The lowest BCUT2D eigenvalue weighted by atomic mass is 9.88. The molecule has 3 rings (SSSR count). The van der Waals surface area contributed by atoms with E-state index in [0.29, 0.717) is 31.0 Å². The highest BCUT2D eigenvalue weighted by atomic mass is 35.5. The van der Waals surface area contributed by atoms with E-state index in [-0.39, 0.29) is 17.2 Å². The van der Waals surface area contributed by atoms with E-state index in [1.165, 1.54) is 11.8 Å². The van der Waals surface area contributed by atoms with Crippen LogP contribution in [0.25, 0.3) is 0 Å². The quantitative estimate of drug-likeness (QED) is 0.524. The lowest BCUT2D eigenvalue weighted by Gasteiger charge is -2.31. The Balaban J connectivity index is 1.54. The van der Waals surface area contributed by atoms with Crippen LogP contribution in [0.2, 0.25) is 5.02 Å². The summed E-state index contributed by atoms with van der Waals surface area (Å²) in [6.45, 7) is 0.852. The summed E-state index contributed by atoms with van der Waals surface area (Å²) in [5.74, 6) is -1.91. The van der Waals surface area contributed by atoms with Crippen molar-refractivity contribution in [3.8, 4) is 0 Å². The van der Waals surface area contributed by atoms with Crippen LogP contribution >= 0.6 is 23.4 Å². The maximum Gasteiger partial charge on any atom is 0.232 e. The van der Waals surface area contributed by atoms with Gasteiger partial charge in [-0.2, -0.15) is 0 Å². The molecule has 142 valence electrons. The van der Waals surface area contributed by atoms with Crippen LogP contribution in [0.5, 0.6) is 0 Å². The predicted molar refractivity (Wildman–Crippen MR) is 102 cm³/mol. The molecule has 0 radical (unpaired) electrons. The third-order valence-corrected chi connectivity index (χ3v) is 6.10. The fraction of sp³-hybridized carbons (Fsp3) is 0.300. The summed E-state index contributed by atoms with van der Waals surface area (Å²) in [6.07, 6.45) is 0.884. The number of thioether (sulfide) groups is 1. The molecule has 0 spiro atoms. The number of amides is 1. The average Bonchev–Trinajstić information content (AvgIpc) is 2.68. The first-order valence-corrected chi connectivity index (χ1v) is 9.96. The number of carbonyl (C=O) groups is 2. The Morgan fingerprint density at radius 1 is 1.11 bits per heavy atom. The van der Waals surface area contributed by atoms with Gasteiger partial charge in [0.25, 0.3) is 0 Å². The van der Waals surface area contributed by atoms with Gasteiger partial charge in [0.05, 0.1) is 16.3 Å². The van der Waals surface area contributed by atoms with Crippen molar-refractivity contribution in [3.05, 3.63) is 64.7 Å². The van der Waals surface area contributed by atoms with Crippen LogP contribution in [-0.2, 0) is 4.79 Å². The molecule has 0 aromatic heterocycles. The number of nitrogens with zero attached hydrogens (tertiary/aromatic N) is 1. The summed E-state index contributed by atoms with van der Waals surface area (Å²) in [7, 11) is 0. The molecule has 7 heteroatoms. The summed E-state index contributed by atoms with van der Waals surface area (Å²) in [5.41, 5.74) is -0.214. The van der Waals surface area contributed by atoms with Crippen LogP contribution in [0, 0.1) is 17.6 Å². The maximum atomic E-state index is 13.8. The van der Waals surface area contributed by atoms with E-state index in [1.54, 1.807) is 11.0 Å². The van der Waals surface area contributed by atoms with Gasteiger partial charge in [-0.25, -0.2) is 8.78 Å². The number of hydrogen-bond donors (Lipinski definition) is 0. The third-order valence-electron chi connectivity index (χ3n) is 4.60. The fourth-order valence-electron chi connectivity index (χ4n) is 3.09. The van der Waals surface area contributed by atoms with Gasteiger partial charge >= 0.3 is 0 Å². The van der Waals surface area contributed by atoms with Gasteiger partial charge in [0.1, 0.15) is 11.6 Å². The number of hydrogen-bond acceptors (Lipinski definition) is 3. The number of likely N-dealkylation sites (tertiary alicyclic amines) is 1. The minimum absolute atomic E-state index is 0.0252. The molecule has 2 aromatic carbocycles. The zero-order chi connectivity index (χ0) is 19.4. The number of benzene rings is 2. The highest BCUT2D eigenvalue weighted by molar-refractivity contribution is 8.00. The van der Waals surface area contributed by atoms with Crippen molar-refractivity contribution in [1.82, 2.24) is 4.90 Å². The Bertz CT molecular complexity index is 854. The molecule has 0 N–H and O–H groups in total. The van der Waals surface area contributed by atoms with Crippen LogP contribution in [0.3, 0.4) is 0 Å². The molecule has 1 aliphatic heterocycles. The van der Waals surface area contributed by atoms with E-state index < -0.39 is 23.3 Å². The van der Waals surface area contributed by atoms with E-state index in [1.807, 2.05) is 18.2 Å². The molecular weight excluding hydrogens is 392 g/mol. The Kier molecular flexibility index (Phi) is 6.50. The van der Waals surface area contributed by atoms with Gasteiger partial charge in [0, 0.05) is 23.9 Å². The minimum atomic E-state index is -0.712. The lowest BCUT2D eigenvalue weighted by Crippen LogP contribution is -2.41. The molecule has 0 bridgehead atoms. The van der Waals surface area contributed by atoms with E-state index in [4.69, 9.17) is 11.6 Å². The van der Waals surface area contributed by atoms with Gasteiger partial charge in [-0.3, -0.25) is 9.59 Å². The van der Waals surface area contributed by atoms with Crippen LogP contribution in [0.4, 0.5) is 8.78 Å². The molecule has 3 nitrogen and oxygen atoms in total. The standard InChI is InChI=1S/C20H18ClF2NO2S/c21-16-3-1-2-4-18(16)27-12-19(25)24-9-7-13(8-10-24)20(26)15-11-14(22)5-6-17(15)23/h1-6,11,13H,7-10,12H2. The molecule has 1 aliphatic rings. The van der Waals surface area contributed by atoms with Crippen molar-refractivity contribution in [3.63, 3.8) is 0 Å². The Hall–Kier alpha value is -1.92. The van der Waals surface area contributed by atoms with E-state index in [9.17, 15) is 18.4 Å². The molecule has 27 heavy (non-hydrogen) atoms. The van der Waals surface area contributed by atoms with Crippen molar-refractivity contribution in [1.29, 1.82) is 0 Å². The number of Topliss-reactive ketones (excluding diaryl/α,β-unsaturated/α-hetero) is 1. The van der Waals surface area contributed by atoms with Gasteiger partial charge in [-0.05, 0) is 43.2 Å². The molecule has 0 unspecified atom stereocenters. The Labute approximate surface area is 165 Å². The second kappa shape index (κ2) is 8.85. The normalized spacial score (nSPS) is 15.0. The molecule has 1 fully saturated rings. The Morgan fingerprint density at radius 2 is 1.81 bits per heavy atom. The largest absolute Gasteiger partial charge is 0.342 e. The first kappa shape index (κ1) is 19.8. The number of piperidine rings is 1. The molecule has 1 saturated heterocycles. The van der Waals surface area contributed by atoms with Gasteiger partial charge in [-0.1, -0.05) is 23.7 Å². The lowest BCUT2D eigenvalue weighted by molar-refractivity contribution is -0.129.